The second kappa shape index (κ2) is 4.51. The molecule has 6 heteroatoms. The van der Waals surface area contributed by atoms with Crippen LogP contribution >= 0.6 is 0 Å². The van der Waals surface area contributed by atoms with E-state index in [1.165, 1.54) is 0 Å². The van der Waals surface area contributed by atoms with Gasteiger partial charge in [-0.3, -0.25) is 4.18 Å². The second-order valence-corrected chi connectivity index (χ2v) is 3.84. The Hall–Kier alpha value is 1.51. The molecule has 0 saturated carbocycles. The summed E-state index contributed by atoms with van der Waals surface area (Å²) < 4.78 is 24.8. The molecular formula is C4H12KNO3S. The molecule has 0 amide bonds. The predicted molar refractivity (Wildman–Crippen MR) is 41.1 cm³/mol. The van der Waals surface area contributed by atoms with Gasteiger partial charge in [-0.25, -0.2) is 5.14 Å². The van der Waals surface area contributed by atoms with Crippen LogP contribution < -0.4 is 5.14 Å². The molecule has 0 radical (unpaired) electrons. The third-order valence-electron chi connectivity index (χ3n) is 0.366. The van der Waals surface area contributed by atoms with Crippen LogP contribution in [0.25, 0.3) is 0 Å². The van der Waals surface area contributed by atoms with E-state index >= 15 is 0 Å². The zero-order valence-electron chi connectivity index (χ0n) is 5.71. The minimum atomic E-state index is -3.78. The van der Waals surface area contributed by atoms with Crippen LogP contribution in [0.1, 0.15) is 20.8 Å². The summed E-state index contributed by atoms with van der Waals surface area (Å²) in [6.07, 6.45) is 0. The maximum absolute atomic E-state index is 10.2. The summed E-state index contributed by atoms with van der Waals surface area (Å²) in [4.78, 5) is 0. The van der Waals surface area contributed by atoms with E-state index in [4.69, 9.17) is 0 Å². The minimum absolute atomic E-state index is 0. The molecule has 0 aliphatic rings. The summed E-state index contributed by atoms with van der Waals surface area (Å²) in [5, 5.41) is 4.57. The average molecular weight is 193 g/mol. The molecule has 4 nitrogen and oxygen atoms in total. The fourth-order valence-corrected chi connectivity index (χ4v) is 1.05. The molecule has 0 atom stereocenters. The van der Waals surface area contributed by atoms with E-state index in [9.17, 15) is 8.42 Å². The topological polar surface area (TPSA) is 69.4 Å². The molecule has 0 aliphatic heterocycles. The van der Waals surface area contributed by atoms with E-state index in [1.54, 1.807) is 20.8 Å². The molecule has 0 bridgehead atoms. The summed E-state index contributed by atoms with van der Waals surface area (Å²) >= 11 is 0. The molecule has 0 spiro atoms. The van der Waals surface area contributed by atoms with Crippen molar-refractivity contribution in [2.75, 3.05) is 0 Å². The number of nitrogens with two attached hydrogens (primary N) is 1. The van der Waals surface area contributed by atoms with Crippen molar-refractivity contribution >= 4 is 61.7 Å². The van der Waals surface area contributed by atoms with Gasteiger partial charge in [-0.05, 0) is 20.8 Å². The van der Waals surface area contributed by atoms with E-state index in [0.29, 0.717) is 0 Å². The maximum atomic E-state index is 10.2. The molecule has 0 saturated heterocycles. The Morgan fingerprint density at radius 3 is 1.60 bits per heavy atom. The van der Waals surface area contributed by atoms with E-state index in [0.717, 1.165) is 0 Å². The third kappa shape index (κ3) is 12.2. The molecule has 0 rings (SSSR count). The molecule has 58 valence electrons. The summed E-state index contributed by atoms with van der Waals surface area (Å²) in [5.74, 6) is 0. The summed E-state index contributed by atoms with van der Waals surface area (Å²) in [6, 6.07) is 0. The van der Waals surface area contributed by atoms with Crippen molar-refractivity contribution in [1.29, 1.82) is 0 Å². The van der Waals surface area contributed by atoms with E-state index in [-0.39, 0.29) is 51.4 Å². The Morgan fingerprint density at radius 1 is 1.30 bits per heavy atom. The number of hydrogen-bond acceptors (Lipinski definition) is 3. The molecule has 2 N–H and O–H groups in total. The van der Waals surface area contributed by atoms with E-state index < -0.39 is 15.9 Å². The first kappa shape index (κ1) is 14.1. The summed E-state index contributed by atoms with van der Waals surface area (Å²) in [6.45, 7) is 4.83. The van der Waals surface area contributed by atoms with Gasteiger partial charge in [0.2, 0.25) is 0 Å². The molecule has 0 aromatic rings. The van der Waals surface area contributed by atoms with Crippen LogP contribution in [-0.4, -0.2) is 65.4 Å². The Kier molecular flexibility index (Phi) is 6.34. The fraction of sp³-hybridized carbons (Fsp3) is 1.00. The second-order valence-electron chi connectivity index (χ2n) is 2.69. The zero-order valence-corrected chi connectivity index (χ0v) is 6.53. The van der Waals surface area contributed by atoms with Crippen molar-refractivity contribution in [2.45, 2.75) is 26.4 Å². The SMILES string of the molecule is CC(C)(C)OS(N)(=O)=O.[KH]. The molecular weight excluding hydrogens is 181 g/mol. The van der Waals surface area contributed by atoms with Gasteiger partial charge < -0.3 is 0 Å². The van der Waals surface area contributed by atoms with Crippen LogP contribution in [0, 0.1) is 0 Å². The number of rotatable bonds is 1. The first-order valence-corrected chi connectivity index (χ1v) is 3.91. The molecule has 10 heavy (non-hydrogen) atoms. The van der Waals surface area contributed by atoms with Crippen LogP contribution in [0.4, 0.5) is 0 Å². The first-order chi connectivity index (χ1) is 3.71. The standard InChI is InChI=1S/C4H11NO3S.K.H/c1-4(2,3)8-9(5,6)7;;/h1-3H3,(H2,5,6,7);;. The van der Waals surface area contributed by atoms with Crippen LogP contribution in [0.2, 0.25) is 0 Å². The van der Waals surface area contributed by atoms with Crippen LogP contribution in [0.15, 0.2) is 0 Å². The Morgan fingerprint density at radius 2 is 1.60 bits per heavy atom. The molecule has 0 aromatic carbocycles. The van der Waals surface area contributed by atoms with Crippen molar-refractivity contribution in [3.8, 4) is 0 Å². The third-order valence-corrected chi connectivity index (χ3v) is 1.10. The van der Waals surface area contributed by atoms with Crippen molar-refractivity contribution in [1.82, 2.24) is 0 Å². The van der Waals surface area contributed by atoms with Gasteiger partial charge in [0.05, 0.1) is 5.60 Å². The van der Waals surface area contributed by atoms with Gasteiger partial charge in [0, 0.05) is 0 Å². The average Bonchev–Trinajstić information content (AvgIpc) is 1.14. The zero-order chi connectivity index (χ0) is 7.71. The van der Waals surface area contributed by atoms with Crippen molar-refractivity contribution in [3.63, 3.8) is 0 Å². The van der Waals surface area contributed by atoms with Crippen LogP contribution in [-0.2, 0) is 14.5 Å². The van der Waals surface area contributed by atoms with Crippen LogP contribution in [0.3, 0.4) is 0 Å². The summed E-state index contributed by atoms with van der Waals surface area (Å²) in [5.41, 5.74) is -0.729. The van der Waals surface area contributed by atoms with E-state index in [1.807, 2.05) is 0 Å². The Bertz CT molecular complexity index is 181. The molecule has 0 heterocycles. The van der Waals surface area contributed by atoms with Gasteiger partial charge in [-0.1, -0.05) is 0 Å². The normalized spacial score (nSPS) is 12.4. The molecule has 0 unspecified atom stereocenters. The van der Waals surface area contributed by atoms with Crippen molar-refractivity contribution in [2.24, 2.45) is 5.14 Å². The van der Waals surface area contributed by atoms with Gasteiger partial charge in [0.1, 0.15) is 0 Å². The van der Waals surface area contributed by atoms with Crippen LogP contribution in [0.5, 0.6) is 0 Å². The van der Waals surface area contributed by atoms with Crippen molar-refractivity contribution < 1.29 is 12.6 Å². The quantitative estimate of drug-likeness (QED) is 0.563. The monoisotopic (exact) mass is 193 g/mol. The van der Waals surface area contributed by atoms with Crippen molar-refractivity contribution in [3.05, 3.63) is 0 Å². The molecule has 0 aliphatic carbocycles. The molecule has 0 aromatic heterocycles. The van der Waals surface area contributed by atoms with Gasteiger partial charge in [0.15, 0.2) is 0 Å². The first-order valence-electron chi connectivity index (χ1n) is 2.44. The van der Waals surface area contributed by atoms with E-state index in [2.05, 4.69) is 9.32 Å². The van der Waals surface area contributed by atoms with Gasteiger partial charge >= 0.3 is 61.7 Å². The summed E-state index contributed by atoms with van der Waals surface area (Å²) in [7, 11) is -3.78. The molecule has 0 fully saturated rings. The number of hydrogen-bond donors (Lipinski definition) is 1. The Labute approximate surface area is 104 Å². The van der Waals surface area contributed by atoms with Gasteiger partial charge in [-0.2, -0.15) is 8.42 Å². The van der Waals surface area contributed by atoms with Gasteiger partial charge in [-0.15, -0.1) is 0 Å². The van der Waals surface area contributed by atoms with Gasteiger partial charge in [0.25, 0.3) is 0 Å². The Balaban J connectivity index is 0. The predicted octanol–water partition coefficient (Wildman–Crippen LogP) is -0.643. The fourth-order valence-electron chi connectivity index (χ4n) is 0.348.